The fourth-order valence-corrected chi connectivity index (χ4v) is 1.65. The first-order chi connectivity index (χ1) is 7.74. The number of benzene rings is 1. The van der Waals surface area contributed by atoms with Gasteiger partial charge in [-0.15, -0.1) is 0 Å². The molecule has 1 N–H and O–H groups in total. The molecule has 1 atom stereocenters. The standard InChI is InChI=1S/C14H19NO/c1-12(2)7-6-10-14(15-11-16)13-8-4-3-5-9-13/h3-5,7-9,11,14H,6,10H2,1-2H3,(H,15,16). The van der Waals surface area contributed by atoms with E-state index in [-0.39, 0.29) is 6.04 Å². The topological polar surface area (TPSA) is 29.1 Å². The molecule has 0 bridgehead atoms. The lowest BCUT2D eigenvalue weighted by atomic mass is 10.0. The minimum absolute atomic E-state index is 0.120. The van der Waals surface area contributed by atoms with E-state index in [0.717, 1.165) is 24.8 Å². The Balaban J connectivity index is 2.61. The van der Waals surface area contributed by atoms with Crippen LogP contribution in [-0.4, -0.2) is 6.41 Å². The van der Waals surface area contributed by atoms with Crippen molar-refractivity contribution in [2.45, 2.75) is 32.7 Å². The molecule has 1 aromatic rings. The highest BCUT2D eigenvalue weighted by Gasteiger charge is 2.08. The zero-order valence-corrected chi connectivity index (χ0v) is 9.94. The van der Waals surface area contributed by atoms with E-state index in [4.69, 9.17) is 0 Å². The largest absolute Gasteiger partial charge is 0.352 e. The lowest BCUT2D eigenvalue weighted by Crippen LogP contribution is -2.19. The minimum atomic E-state index is 0.120. The van der Waals surface area contributed by atoms with Crippen LogP contribution in [0.4, 0.5) is 0 Å². The van der Waals surface area contributed by atoms with Crippen molar-refractivity contribution in [1.29, 1.82) is 0 Å². The summed E-state index contributed by atoms with van der Waals surface area (Å²) in [6.45, 7) is 4.18. The molecule has 2 nitrogen and oxygen atoms in total. The molecular formula is C14H19NO. The van der Waals surface area contributed by atoms with Gasteiger partial charge in [0.1, 0.15) is 0 Å². The Morgan fingerprint density at radius 2 is 2.00 bits per heavy atom. The molecule has 0 saturated heterocycles. The van der Waals surface area contributed by atoms with Crippen LogP contribution in [0.2, 0.25) is 0 Å². The van der Waals surface area contributed by atoms with Crippen LogP contribution in [0.1, 0.15) is 38.3 Å². The zero-order valence-electron chi connectivity index (χ0n) is 9.94. The van der Waals surface area contributed by atoms with Gasteiger partial charge in [0, 0.05) is 0 Å². The predicted molar refractivity (Wildman–Crippen MR) is 67.0 cm³/mol. The second kappa shape index (κ2) is 6.83. The van der Waals surface area contributed by atoms with Gasteiger partial charge in [-0.1, -0.05) is 42.0 Å². The van der Waals surface area contributed by atoms with Gasteiger partial charge in [0.2, 0.25) is 6.41 Å². The zero-order chi connectivity index (χ0) is 11.8. The van der Waals surface area contributed by atoms with Crippen molar-refractivity contribution in [3.63, 3.8) is 0 Å². The van der Waals surface area contributed by atoms with E-state index in [1.807, 2.05) is 30.3 Å². The van der Waals surface area contributed by atoms with Crippen molar-refractivity contribution in [3.05, 3.63) is 47.5 Å². The molecule has 2 heteroatoms. The Kier molecular flexibility index (Phi) is 5.34. The maximum absolute atomic E-state index is 10.6. The molecule has 0 aliphatic carbocycles. The van der Waals surface area contributed by atoms with Crippen LogP contribution in [0.3, 0.4) is 0 Å². The van der Waals surface area contributed by atoms with Crippen molar-refractivity contribution in [1.82, 2.24) is 5.32 Å². The fourth-order valence-electron chi connectivity index (χ4n) is 1.65. The van der Waals surface area contributed by atoms with E-state index in [9.17, 15) is 4.79 Å². The Hall–Kier alpha value is -1.57. The molecule has 0 heterocycles. The molecule has 0 radical (unpaired) electrons. The van der Waals surface area contributed by atoms with Gasteiger partial charge in [-0.05, 0) is 32.3 Å². The molecule has 1 amide bonds. The van der Waals surface area contributed by atoms with Crippen molar-refractivity contribution in [3.8, 4) is 0 Å². The van der Waals surface area contributed by atoms with Gasteiger partial charge in [-0.25, -0.2) is 0 Å². The summed E-state index contributed by atoms with van der Waals surface area (Å²) in [5.74, 6) is 0. The van der Waals surface area contributed by atoms with Crippen LogP contribution in [-0.2, 0) is 4.79 Å². The van der Waals surface area contributed by atoms with Gasteiger partial charge < -0.3 is 5.32 Å². The molecule has 16 heavy (non-hydrogen) atoms. The Bertz CT molecular complexity index is 339. The third kappa shape index (κ3) is 4.30. The van der Waals surface area contributed by atoms with E-state index in [0.29, 0.717) is 0 Å². The molecule has 0 aromatic heterocycles. The molecule has 0 saturated carbocycles. The quantitative estimate of drug-likeness (QED) is 0.575. The van der Waals surface area contributed by atoms with Gasteiger partial charge in [-0.2, -0.15) is 0 Å². The summed E-state index contributed by atoms with van der Waals surface area (Å²) in [4.78, 5) is 10.6. The highest BCUT2D eigenvalue weighted by molar-refractivity contribution is 5.47. The van der Waals surface area contributed by atoms with E-state index < -0.39 is 0 Å². The number of carbonyl (C=O) groups is 1. The second-order valence-electron chi connectivity index (χ2n) is 4.11. The van der Waals surface area contributed by atoms with E-state index >= 15 is 0 Å². The fraction of sp³-hybridized carbons (Fsp3) is 0.357. The second-order valence-corrected chi connectivity index (χ2v) is 4.11. The van der Waals surface area contributed by atoms with Crippen molar-refractivity contribution in [2.75, 3.05) is 0 Å². The first kappa shape index (κ1) is 12.5. The van der Waals surface area contributed by atoms with Gasteiger partial charge in [0.25, 0.3) is 0 Å². The lowest BCUT2D eigenvalue weighted by molar-refractivity contribution is -0.110. The van der Waals surface area contributed by atoms with Crippen LogP contribution in [0.5, 0.6) is 0 Å². The Morgan fingerprint density at radius 3 is 2.56 bits per heavy atom. The molecular weight excluding hydrogens is 198 g/mol. The van der Waals surface area contributed by atoms with Crippen LogP contribution >= 0.6 is 0 Å². The van der Waals surface area contributed by atoms with Crippen molar-refractivity contribution in [2.24, 2.45) is 0 Å². The summed E-state index contributed by atoms with van der Waals surface area (Å²) in [6, 6.07) is 10.2. The molecule has 86 valence electrons. The number of rotatable bonds is 6. The molecule has 0 aliphatic heterocycles. The van der Waals surface area contributed by atoms with E-state index in [1.165, 1.54) is 5.57 Å². The predicted octanol–water partition coefficient (Wildman–Crippen LogP) is 3.22. The van der Waals surface area contributed by atoms with Crippen LogP contribution < -0.4 is 5.32 Å². The third-order valence-electron chi connectivity index (χ3n) is 2.48. The first-order valence-corrected chi connectivity index (χ1v) is 5.62. The summed E-state index contributed by atoms with van der Waals surface area (Å²) < 4.78 is 0. The van der Waals surface area contributed by atoms with Crippen LogP contribution in [0.25, 0.3) is 0 Å². The summed E-state index contributed by atoms with van der Waals surface area (Å²) in [7, 11) is 0. The van der Waals surface area contributed by atoms with Crippen molar-refractivity contribution < 1.29 is 4.79 Å². The Labute approximate surface area is 97.4 Å². The first-order valence-electron chi connectivity index (χ1n) is 5.62. The average molecular weight is 217 g/mol. The summed E-state index contributed by atoms with van der Waals surface area (Å²) in [5.41, 5.74) is 2.48. The molecule has 1 rings (SSSR count). The molecule has 0 aliphatic rings. The van der Waals surface area contributed by atoms with Gasteiger partial charge in [0.15, 0.2) is 0 Å². The molecule has 1 unspecified atom stereocenters. The summed E-state index contributed by atoms with van der Waals surface area (Å²) >= 11 is 0. The smallest absolute Gasteiger partial charge is 0.207 e. The number of amides is 1. The minimum Gasteiger partial charge on any atom is -0.352 e. The lowest BCUT2D eigenvalue weighted by Gasteiger charge is -2.15. The van der Waals surface area contributed by atoms with Gasteiger partial charge in [-0.3, -0.25) is 4.79 Å². The number of nitrogens with one attached hydrogen (secondary N) is 1. The van der Waals surface area contributed by atoms with Gasteiger partial charge in [0.05, 0.1) is 6.04 Å². The number of carbonyl (C=O) groups excluding carboxylic acids is 1. The highest BCUT2D eigenvalue weighted by Crippen LogP contribution is 2.18. The van der Waals surface area contributed by atoms with Crippen molar-refractivity contribution >= 4 is 6.41 Å². The number of hydrogen-bond acceptors (Lipinski definition) is 1. The maximum atomic E-state index is 10.6. The summed E-state index contributed by atoms with van der Waals surface area (Å²) in [6.07, 6.45) is 4.90. The average Bonchev–Trinajstić information content (AvgIpc) is 2.29. The van der Waals surface area contributed by atoms with Crippen LogP contribution in [0, 0.1) is 0 Å². The highest BCUT2D eigenvalue weighted by atomic mass is 16.1. The number of hydrogen-bond donors (Lipinski definition) is 1. The Morgan fingerprint density at radius 1 is 1.31 bits per heavy atom. The molecule has 0 fully saturated rings. The SMILES string of the molecule is CC(C)=CCCC(NC=O)c1ccccc1. The third-order valence-corrected chi connectivity index (χ3v) is 2.48. The summed E-state index contributed by atoms with van der Waals surface area (Å²) in [5, 5.41) is 2.86. The van der Waals surface area contributed by atoms with Crippen LogP contribution in [0.15, 0.2) is 42.0 Å². The molecule has 1 aromatic carbocycles. The van der Waals surface area contributed by atoms with Gasteiger partial charge >= 0.3 is 0 Å². The van der Waals surface area contributed by atoms with E-state index in [2.05, 4.69) is 25.2 Å². The monoisotopic (exact) mass is 217 g/mol. The number of allylic oxidation sites excluding steroid dienone is 2. The maximum Gasteiger partial charge on any atom is 0.207 e. The normalized spacial score (nSPS) is 11.6. The molecule has 0 spiro atoms. The van der Waals surface area contributed by atoms with E-state index in [1.54, 1.807) is 0 Å².